The Bertz CT molecular complexity index is 1390. The minimum Gasteiger partial charge on any atom is -0.444 e. The SMILES string of the molecule is CC(C)(C)OC(=O)N1CCC[C@@H](CCc2c(F)cncc2CC(=O)C[C@@H](c2ccc(F)cc2)c2cc(F)cc(F)c2)C1. The highest BCUT2D eigenvalue weighted by Crippen LogP contribution is 2.31. The van der Waals surface area contributed by atoms with Crippen LogP contribution in [-0.2, 0) is 22.4 Å². The predicted octanol–water partition coefficient (Wildman–Crippen LogP) is 7.55. The highest BCUT2D eigenvalue weighted by atomic mass is 19.1. The highest BCUT2D eigenvalue weighted by Gasteiger charge is 2.28. The molecule has 1 fully saturated rings. The monoisotopic (exact) mass is 584 g/mol. The lowest BCUT2D eigenvalue weighted by atomic mass is 9.85. The van der Waals surface area contributed by atoms with Gasteiger partial charge in [0.05, 0.1) is 6.20 Å². The van der Waals surface area contributed by atoms with Crippen LogP contribution in [0.25, 0.3) is 0 Å². The van der Waals surface area contributed by atoms with Crippen molar-refractivity contribution in [2.75, 3.05) is 13.1 Å². The fourth-order valence-corrected chi connectivity index (χ4v) is 5.49. The van der Waals surface area contributed by atoms with E-state index in [1.807, 2.05) is 20.8 Å². The van der Waals surface area contributed by atoms with Crippen molar-refractivity contribution in [3.63, 3.8) is 0 Å². The van der Waals surface area contributed by atoms with Crippen LogP contribution in [0.15, 0.2) is 54.9 Å². The van der Waals surface area contributed by atoms with Crippen LogP contribution in [0.1, 0.15) is 74.6 Å². The van der Waals surface area contributed by atoms with Gasteiger partial charge in [0.1, 0.15) is 34.7 Å². The number of nitrogens with zero attached hydrogens (tertiary/aromatic N) is 2. The quantitative estimate of drug-likeness (QED) is 0.244. The molecule has 4 rings (SSSR count). The number of hydrogen-bond donors (Lipinski definition) is 0. The first kappa shape index (κ1) is 31.2. The van der Waals surface area contributed by atoms with E-state index < -0.39 is 34.8 Å². The maximum absolute atomic E-state index is 15.0. The van der Waals surface area contributed by atoms with Gasteiger partial charge in [-0.3, -0.25) is 9.78 Å². The fraction of sp³-hybridized carbons (Fsp3) is 0.424. The number of ketones is 1. The van der Waals surface area contributed by atoms with Gasteiger partial charge in [0.15, 0.2) is 0 Å². The van der Waals surface area contributed by atoms with Crippen LogP contribution in [0.4, 0.5) is 22.4 Å². The summed E-state index contributed by atoms with van der Waals surface area (Å²) in [5.74, 6) is -3.42. The molecule has 1 aromatic heterocycles. The van der Waals surface area contributed by atoms with Crippen LogP contribution in [0.2, 0.25) is 0 Å². The van der Waals surface area contributed by atoms with Crippen molar-refractivity contribution in [3.8, 4) is 0 Å². The number of amides is 1. The first-order valence-corrected chi connectivity index (χ1v) is 14.2. The lowest BCUT2D eigenvalue weighted by Crippen LogP contribution is -2.43. The Morgan fingerprint density at radius 3 is 2.33 bits per heavy atom. The smallest absolute Gasteiger partial charge is 0.410 e. The maximum atomic E-state index is 15.0. The Hall–Kier alpha value is -3.75. The van der Waals surface area contributed by atoms with E-state index in [4.69, 9.17) is 4.74 Å². The summed E-state index contributed by atoms with van der Waals surface area (Å²) >= 11 is 0. The summed E-state index contributed by atoms with van der Waals surface area (Å²) in [7, 11) is 0. The molecule has 0 saturated carbocycles. The van der Waals surface area contributed by atoms with Crippen molar-refractivity contribution in [2.45, 2.75) is 70.8 Å². The Kier molecular flexibility index (Phi) is 10.0. The molecular weight excluding hydrogens is 548 g/mol. The third kappa shape index (κ3) is 8.63. The second kappa shape index (κ2) is 13.5. The molecule has 0 bridgehead atoms. The molecule has 2 heterocycles. The number of hydrogen-bond acceptors (Lipinski definition) is 4. The topological polar surface area (TPSA) is 59.5 Å². The van der Waals surface area contributed by atoms with Gasteiger partial charge in [0.25, 0.3) is 0 Å². The standard InChI is InChI=1S/C33H36F4N2O3/c1-33(2,3)42-32(41)39-12-4-5-21(20-39)6-11-29-24(18-38-19-31(29)37)15-28(40)17-30(22-7-9-25(34)10-8-22)23-13-26(35)16-27(36)14-23/h7-10,13-14,16,18-19,21,30H,4-6,11-12,15,17,20H2,1-3H3/t21-,30-/m0/s1. The molecule has 0 aliphatic carbocycles. The number of benzene rings is 2. The molecule has 5 nitrogen and oxygen atoms in total. The molecular formula is C33H36F4N2O3. The first-order valence-electron chi connectivity index (χ1n) is 14.2. The molecule has 1 saturated heterocycles. The molecule has 0 spiro atoms. The van der Waals surface area contributed by atoms with Crippen LogP contribution in [-0.4, -0.2) is 40.5 Å². The third-order valence-corrected chi connectivity index (χ3v) is 7.45. The lowest BCUT2D eigenvalue weighted by Gasteiger charge is -2.34. The minimum absolute atomic E-state index is 0.121. The van der Waals surface area contributed by atoms with E-state index in [0.717, 1.165) is 37.2 Å². The minimum atomic E-state index is -0.783. The Labute approximate surface area is 243 Å². The zero-order valence-electron chi connectivity index (χ0n) is 24.1. The van der Waals surface area contributed by atoms with Crippen LogP contribution in [0.3, 0.4) is 0 Å². The number of piperidine rings is 1. The molecule has 0 unspecified atom stereocenters. The van der Waals surface area contributed by atoms with Gasteiger partial charge >= 0.3 is 6.09 Å². The predicted molar refractivity (Wildman–Crippen MR) is 151 cm³/mol. The fourth-order valence-electron chi connectivity index (χ4n) is 5.49. The van der Waals surface area contributed by atoms with E-state index in [1.54, 1.807) is 4.90 Å². The average Bonchev–Trinajstić information content (AvgIpc) is 2.91. The number of aromatic nitrogens is 1. The van der Waals surface area contributed by atoms with Gasteiger partial charge in [0.2, 0.25) is 0 Å². The molecule has 1 aliphatic heterocycles. The molecule has 0 radical (unpaired) electrons. The van der Waals surface area contributed by atoms with Gasteiger partial charge in [-0.15, -0.1) is 0 Å². The zero-order valence-corrected chi connectivity index (χ0v) is 24.1. The summed E-state index contributed by atoms with van der Waals surface area (Å²) in [5.41, 5.74) is 1.02. The number of pyridine rings is 1. The van der Waals surface area contributed by atoms with Crippen molar-refractivity contribution < 1.29 is 31.9 Å². The van der Waals surface area contributed by atoms with Crippen LogP contribution >= 0.6 is 0 Å². The van der Waals surface area contributed by atoms with Crippen LogP contribution in [0.5, 0.6) is 0 Å². The van der Waals surface area contributed by atoms with Crippen LogP contribution < -0.4 is 0 Å². The molecule has 224 valence electrons. The number of likely N-dealkylation sites (tertiary alicyclic amines) is 1. The summed E-state index contributed by atoms with van der Waals surface area (Å²) in [4.78, 5) is 31.5. The first-order chi connectivity index (χ1) is 19.9. The van der Waals surface area contributed by atoms with Gasteiger partial charge in [-0.05, 0) is 98.9 Å². The van der Waals surface area contributed by atoms with E-state index in [0.29, 0.717) is 42.6 Å². The number of carbonyl (C=O) groups excluding carboxylic acids is 2. The van der Waals surface area contributed by atoms with Crippen LogP contribution in [0, 0.1) is 29.2 Å². The van der Waals surface area contributed by atoms with Crippen molar-refractivity contribution in [1.29, 1.82) is 0 Å². The van der Waals surface area contributed by atoms with Gasteiger partial charge in [-0.2, -0.15) is 0 Å². The van der Waals surface area contributed by atoms with Gasteiger partial charge < -0.3 is 9.64 Å². The summed E-state index contributed by atoms with van der Waals surface area (Å²) in [6.07, 6.45) is 4.67. The largest absolute Gasteiger partial charge is 0.444 e. The lowest BCUT2D eigenvalue weighted by molar-refractivity contribution is -0.118. The van der Waals surface area contributed by atoms with E-state index in [2.05, 4.69) is 4.98 Å². The Balaban J connectivity index is 1.47. The van der Waals surface area contributed by atoms with Gasteiger partial charge in [-0.1, -0.05) is 12.1 Å². The van der Waals surface area contributed by atoms with Crippen molar-refractivity contribution in [1.82, 2.24) is 9.88 Å². The van der Waals surface area contributed by atoms with E-state index in [9.17, 15) is 27.2 Å². The summed E-state index contributed by atoms with van der Waals surface area (Å²) in [6.45, 7) is 6.58. The number of Topliss-reactive ketones (excluding diaryl/α,β-unsaturated/α-hetero) is 1. The normalized spacial score (nSPS) is 16.3. The molecule has 0 N–H and O–H groups in total. The highest BCUT2D eigenvalue weighted by molar-refractivity contribution is 5.82. The second-order valence-electron chi connectivity index (χ2n) is 12.0. The second-order valence-corrected chi connectivity index (χ2v) is 12.0. The summed E-state index contributed by atoms with van der Waals surface area (Å²) in [6, 6.07) is 8.48. The molecule has 1 aliphatic rings. The number of ether oxygens (including phenoxy) is 1. The van der Waals surface area contributed by atoms with Crippen molar-refractivity contribution in [3.05, 3.63) is 100 Å². The summed E-state index contributed by atoms with van der Waals surface area (Å²) < 4.78 is 62.2. The maximum Gasteiger partial charge on any atom is 0.410 e. The molecule has 2 atom stereocenters. The summed E-state index contributed by atoms with van der Waals surface area (Å²) in [5, 5.41) is 0. The Morgan fingerprint density at radius 2 is 1.67 bits per heavy atom. The van der Waals surface area contributed by atoms with Crippen molar-refractivity contribution >= 4 is 11.9 Å². The number of carbonyl (C=O) groups is 2. The molecule has 3 aromatic rings. The van der Waals surface area contributed by atoms with Crippen molar-refractivity contribution in [2.24, 2.45) is 5.92 Å². The molecule has 2 aromatic carbocycles. The number of halogens is 4. The average molecular weight is 585 g/mol. The molecule has 9 heteroatoms. The van der Waals surface area contributed by atoms with Gasteiger partial charge in [0, 0.05) is 44.1 Å². The van der Waals surface area contributed by atoms with E-state index in [1.165, 1.54) is 30.5 Å². The Morgan fingerprint density at radius 1 is 0.976 bits per heavy atom. The number of rotatable bonds is 9. The molecule has 42 heavy (non-hydrogen) atoms. The van der Waals surface area contributed by atoms with E-state index in [-0.39, 0.29) is 36.2 Å². The van der Waals surface area contributed by atoms with E-state index >= 15 is 0 Å². The zero-order chi connectivity index (χ0) is 30.4. The van der Waals surface area contributed by atoms with Gasteiger partial charge in [-0.25, -0.2) is 22.4 Å². The third-order valence-electron chi connectivity index (χ3n) is 7.45. The molecule has 1 amide bonds.